The monoisotopic (exact) mass is 293 g/mol. The van der Waals surface area contributed by atoms with Gasteiger partial charge in [0.2, 0.25) is 5.78 Å². The van der Waals surface area contributed by atoms with E-state index in [0.717, 1.165) is 5.56 Å². The fraction of sp³-hybridized carbons (Fsp3) is 0.214. The summed E-state index contributed by atoms with van der Waals surface area (Å²) in [6, 6.07) is 6.87. The van der Waals surface area contributed by atoms with Crippen LogP contribution in [0.2, 0.25) is 5.02 Å². The minimum Gasteiger partial charge on any atom is -0.481 e. The molecule has 1 aromatic carbocycles. The van der Waals surface area contributed by atoms with Crippen molar-refractivity contribution in [1.29, 1.82) is 0 Å². The van der Waals surface area contributed by atoms with E-state index in [4.69, 9.17) is 16.7 Å². The largest absolute Gasteiger partial charge is 0.481 e. The number of carbonyl (C=O) groups excluding carboxylic acids is 2. The highest BCUT2D eigenvalue weighted by atomic mass is 35.5. The van der Waals surface area contributed by atoms with Crippen LogP contribution in [0.4, 0.5) is 0 Å². The van der Waals surface area contributed by atoms with Crippen molar-refractivity contribution in [2.24, 2.45) is 0 Å². The van der Waals surface area contributed by atoms with Crippen LogP contribution in [0.1, 0.15) is 12.0 Å². The highest BCUT2D eigenvalue weighted by molar-refractivity contribution is 6.46. The molecule has 0 saturated carbocycles. The summed E-state index contributed by atoms with van der Waals surface area (Å²) in [6.07, 6.45) is 1.45. The third-order valence-electron chi connectivity index (χ3n) is 2.94. The van der Waals surface area contributed by atoms with Crippen LogP contribution in [0.3, 0.4) is 0 Å². The maximum Gasteiger partial charge on any atom is 0.305 e. The Bertz CT molecular complexity index is 592. The van der Waals surface area contributed by atoms with Crippen LogP contribution in [0.5, 0.6) is 0 Å². The Morgan fingerprint density at radius 3 is 2.55 bits per heavy atom. The van der Waals surface area contributed by atoms with Gasteiger partial charge in [-0.1, -0.05) is 23.7 Å². The van der Waals surface area contributed by atoms with E-state index in [1.165, 1.54) is 4.90 Å². The molecule has 1 saturated heterocycles. The lowest BCUT2D eigenvalue weighted by Crippen LogP contribution is -2.29. The Labute approximate surface area is 120 Å². The minimum atomic E-state index is -1.000. The molecular weight excluding hydrogens is 282 g/mol. The highest BCUT2D eigenvalue weighted by Gasteiger charge is 2.33. The van der Waals surface area contributed by atoms with Crippen LogP contribution in [-0.2, 0) is 14.4 Å². The molecule has 1 N–H and O–H groups in total. The van der Waals surface area contributed by atoms with Crippen LogP contribution in [-0.4, -0.2) is 40.8 Å². The predicted molar refractivity (Wildman–Crippen MR) is 73.3 cm³/mol. The maximum absolute atomic E-state index is 11.8. The number of halogens is 1. The molecule has 0 aromatic heterocycles. The van der Waals surface area contributed by atoms with E-state index < -0.39 is 17.7 Å². The molecule has 1 amide bonds. The van der Waals surface area contributed by atoms with E-state index >= 15 is 0 Å². The van der Waals surface area contributed by atoms with E-state index in [-0.39, 0.29) is 19.5 Å². The first-order valence-corrected chi connectivity index (χ1v) is 6.36. The second-order valence-corrected chi connectivity index (χ2v) is 4.86. The summed E-state index contributed by atoms with van der Waals surface area (Å²) >= 11 is 5.77. The molecule has 0 aliphatic carbocycles. The van der Waals surface area contributed by atoms with Crippen molar-refractivity contribution in [2.75, 3.05) is 13.1 Å². The van der Waals surface area contributed by atoms with E-state index in [0.29, 0.717) is 10.6 Å². The number of amides is 1. The predicted octanol–water partition coefficient (Wildman–Crippen LogP) is 1.61. The Kier molecular flexibility index (Phi) is 4.20. The lowest BCUT2D eigenvalue weighted by molar-refractivity contribution is -0.141. The van der Waals surface area contributed by atoms with Crippen molar-refractivity contribution in [3.63, 3.8) is 0 Å². The number of hydrogen-bond acceptors (Lipinski definition) is 3. The number of rotatable bonds is 4. The van der Waals surface area contributed by atoms with Crippen molar-refractivity contribution >= 4 is 35.3 Å². The lowest BCUT2D eigenvalue weighted by Gasteiger charge is -2.11. The lowest BCUT2D eigenvalue weighted by atomic mass is 10.1. The summed E-state index contributed by atoms with van der Waals surface area (Å²) in [6.45, 7) is 0.186. The Morgan fingerprint density at radius 2 is 1.95 bits per heavy atom. The molecule has 0 unspecified atom stereocenters. The fourth-order valence-corrected chi connectivity index (χ4v) is 2.04. The van der Waals surface area contributed by atoms with Gasteiger partial charge in [-0.15, -0.1) is 0 Å². The highest BCUT2D eigenvalue weighted by Crippen LogP contribution is 2.18. The van der Waals surface area contributed by atoms with E-state index in [2.05, 4.69) is 0 Å². The zero-order chi connectivity index (χ0) is 14.7. The molecular formula is C14H12ClNO4. The molecule has 0 radical (unpaired) electrons. The first-order valence-electron chi connectivity index (χ1n) is 5.99. The standard InChI is InChI=1S/C14H12ClNO4/c15-11-3-1-9(2-4-11)7-10-8-16(6-5-12(17)18)14(20)13(10)19/h1-4,7H,5-6,8H2,(H,17,18)/b10-7+. The summed E-state index contributed by atoms with van der Waals surface area (Å²) in [5.74, 6) is -2.22. The SMILES string of the molecule is O=C(O)CCN1C/C(=C\c2ccc(Cl)cc2)C(=O)C1=O. The van der Waals surface area contributed by atoms with Crippen molar-refractivity contribution < 1.29 is 19.5 Å². The molecule has 1 aliphatic heterocycles. The molecule has 0 bridgehead atoms. The van der Waals surface area contributed by atoms with Gasteiger partial charge in [0, 0.05) is 17.1 Å². The summed E-state index contributed by atoms with van der Waals surface area (Å²) in [4.78, 5) is 35.2. The first kappa shape index (κ1) is 14.3. The third-order valence-corrected chi connectivity index (χ3v) is 3.19. The number of carboxylic acids is 1. The smallest absolute Gasteiger partial charge is 0.305 e. The van der Waals surface area contributed by atoms with Crippen LogP contribution in [0.15, 0.2) is 29.8 Å². The average molecular weight is 294 g/mol. The van der Waals surface area contributed by atoms with Gasteiger partial charge in [-0.3, -0.25) is 14.4 Å². The number of aliphatic carboxylic acids is 1. The molecule has 2 rings (SSSR count). The molecule has 20 heavy (non-hydrogen) atoms. The third kappa shape index (κ3) is 3.24. The van der Waals surface area contributed by atoms with Gasteiger partial charge in [0.1, 0.15) is 0 Å². The molecule has 1 heterocycles. The van der Waals surface area contributed by atoms with Crippen molar-refractivity contribution in [2.45, 2.75) is 6.42 Å². The zero-order valence-corrected chi connectivity index (χ0v) is 11.3. The molecule has 1 fully saturated rings. The number of benzene rings is 1. The van der Waals surface area contributed by atoms with Gasteiger partial charge in [-0.25, -0.2) is 0 Å². The number of carboxylic acid groups (broad SMARTS) is 1. The Balaban J connectivity index is 2.13. The van der Waals surface area contributed by atoms with Gasteiger partial charge in [0.25, 0.3) is 5.91 Å². The van der Waals surface area contributed by atoms with Crippen LogP contribution < -0.4 is 0 Å². The second-order valence-electron chi connectivity index (χ2n) is 4.42. The average Bonchev–Trinajstić information content (AvgIpc) is 2.67. The van der Waals surface area contributed by atoms with Crippen molar-refractivity contribution in [3.05, 3.63) is 40.4 Å². The van der Waals surface area contributed by atoms with Gasteiger partial charge in [-0.2, -0.15) is 0 Å². The number of carbonyl (C=O) groups is 3. The summed E-state index contributed by atoms with van der Waals surface area (Å²) < 4.78 is 0. The molecule has 1 aliphatic rings. The summed E-state index contributed by atoms with van der Waals surface area (Å²) in [7, 11) is 0. The van der Waals surface area contributed by atoms with Gasteiger partial charge in [-0.05, 0) is 23.8 Å². The second kappa shape index (κ2) is 5.88. The molecule has 104 valence electrons. The maximum atomic E-state index is 11.8. The van der Waals surface area contributed by atoms with Crippen LogP contribution in [0, 0.1) is 0 Å². The van der Waals surface area contributed by atoms with Gasteiger partial charge in [0.05, 0.1) is 13.0 Å². The summed E-state index contributed by atoms with van der Waals surface area (Å²) in [5, 5.41) is 9.19. The van der Waals surface area contributed by atoms with Crippen molar-refractivity contribution in [3.8, 4) is 0 Å². The summed E-state index contributed by atoms with van der Waals surface area (Å²) in [5.41, 5.74) is 1.13. The van der Waals surface area contributed by atoms with Crippen LogP contribution >= 0.6 is 11.6 Å². The molecule has 0 spiro atoms. The molecule has 1 aromatic rings. The van der Waals surface area contributed by atoms with Crippen LogP contribution in [0.25, 0.3) is 6.08 Å². The van der Waals surface area contributed by atoms with Gasteiger partial charge >= 0.3 is 5.97 Å². The number of likely N-dealkylation sites (tertiary alicyclic amines) is 1. The van der Waals surface area contributed by atoms with Gasteiger partial charge < -0.3 is 10.0 Å². The van der Waals surface area contributed by atoms with E-state index in [1.807, 2.05) is 0 Å². The topological polar surface area (TPSA) is 74.7 Å². The fourth-order valence-electron chi connectivity index (χ4n) is 1.91. The first-order chi connectivity index (χ1) is 9.47. The number of ketones is 1. The zero-order valence-electron chi connectivity index (χ0n) is 10.5. The molecule has 5 nitrogen and oxygen atoms in total. The van der Waals surface area contributed by atoms with Gasteiger partial charge in [0.15, 0.2) is 0 Å². The Morgan fingerprint density at radius 1 is 1.30 bits per heavy atom. The number of Topliss-reactive ketones (excluding diaryl/α,β-unsaturated/α-hetero) is 1. The minimum absolute atomic E-state index is 0.0395. The number of hydrogen-bond donors (Lipinski definition) is 1. The number of nitrogens with zero attached hydrogens (tertiary/aromatic N) is 1. The van der Waals surface area contributed by atoms with E-state index in [1.54, 1.807) is 30.3 Å². The van der Waals surface area contributed by atoms with Crippen molar-refractivity contribution in [1.82, 2.24) is 4.90 Å². The molecule has 6 heteroatoms. The normalized spacial score (nSPS) is 17.1. The van der Waals surface area contributed by atoms with E-state index in [9.17, 15) is 14.4 Å². The molecule has 0 atom stereocenters. The Hall–Kier alpha value is -2.14. The quantitative estimate of drug-likeness (QED) is 0.676.